The van der Waals surface area contributed by atoms with Crippen molar-refractivity contribution in [3.63, 3.8) is 0 Å². The third-order valence-corrected chi connectivity index (χ3v) is 4.34. The molecule has 2 amide bonds. The van der Waals surface area contributed by atoms with Crippen molar-refractivity contribution in [2.45, 2.75) is 38.8 Å². The number of hydrogen-bond acceptors (Lipinski definition) is 3. The van der Waals surface area contributed by atoms with Gasteiger partial charge in [0.05, 0.1) is 12.8 Å². The van der Waals surface area contributed by atoms with Crippen LogP contribution in [0.5, 0.6) is 5.75 Å². The van der Waals surface area contributed by atoms with E-state index in [1.54, 1.807) is 24.1 Å². The maximum Gasteiger partial charge on any atom is 0.250 e. The third kappa shape index (κ3) is 2.90. The molecule has 1 aliphatic rings. The van der Waals surface area contributed by atoms with Gasteiger partial charge in [0.25, 0.3) is 0 Å². The Morgan fingerprint density at radius 1 is 1.29 bits per heavy atom. The molecule has 114 valence electrons. The van der Waals surface area contributed by atoms with E-state index in [0.717, 1.165) is 4.47 Å². The standard InChI is InChI=1S/C15H19BrN2O3/c1-4-11-15(20)18(12(5-2)14(19)17-11)13-8-9(21-3)6-7-10(13)16/h6-8,11-12H,4-5H2,1-3H3,(H,17,19). The van der Waals surface area contributed by atoms with Crippen LogP contribution in [0.2, 0.25) is 0 Å². The zero-order chi connectivity index (χ0) is 15.6. The molecular formula is C15H19BrN2O3. The van der Waals surface area contributed by atoms with Crippen molar-refractivity contribution in [3.8, 4) is 5.75 Å². The number of benzene rings is 1. The third-order valence-electron chi connectivity index (χ3n) is 3.67. The van der Waals surface area contributed by atoms with Gasteiger partial charge in [0.15, 0.2) is 0 Å². The van der Waals surface area contributed by atoms with Crippen LogP contribution >= 0.6 is 15.9 Å². The van der Waals surface area contributed by atoms with Gasteiger partial charge in [-0.2, -0.15) is 0 Å². The maximum atomic E-state index is 12.7. The number of anilines is 1. The van der Waals surface area contributed by atoms with Crippen molar-refractivity contribution < 1.29 is 14.3 Å². The summed E-state index contributed by atoms with van der Waals surface area (Å²) >= 11 is 3.46. The number of nitrogens with zero attached hydrogens (tertiary/aromatic N) is 1. The molecule has 1 N–H and O–H groups in total. The summed E-state index contributed by atoms with van der Waals surface area (Å²) in [5.41, 5.74) is 0.666. The number of hydrogen-bond donors (Lipinski definition) is 1. The smallest absolute Gasteiger partial charge is 0.250 e. The monoisotopic (exact) mass is 354 g/mol. The molecule has 1 aliphatic heterocycles. The van der Waals surface area contributed by atoms with Crippen LogP contribution in [0.4, 0.5) is 5.69 Å². The van der Waals surface area contributed by atoms with Crippen LogP contribution in [0.15, 0.2) is 22.7 Å². The van der Waals surface area contributed by atoms with Crippen molar-refractivity contribution in [1.29, 1.82) is 0 Å². The largest absolute Gasteiger partial charge is 0.497 e. The fourth-order valence-electron chi connectivity index (χ4n) is 2.50. The lowest BCUT2D eigenvalue weighted by Crippen LogP contribution is -2.63. The highest BCUT2D eigenvalue weighted by Crippen LogP contribution is 2.34. The molecule has 5 nitrogen and oxygen atoms in total. The molecule has 1 saturated heterocycles. The molecule has 1 aromatic rings. The highest BCUT2D eigenvalue weighted by molar-refractivity contribution is 9.10. The summed E-state index contributed by atoms with van der Waals surface area (Å²) in [6.45, 7) is 3.78. The molecular weight excluding hydrogens is 336 g/mol. The maximum absolute atomic E-state index is 12.7. The van der Waals surface area contributed by atoms with Gasteiger partial charge in [-0.3, -0.25) is 14.5 Å². The Kier molecular flexibility index (Phi) is 4.88. The first-order chi connectivity index (χ1) is 10.0. The Labute approximate surface area is 132 Å². The summed E-state index contributed by atoms with van der Waals surface area (Å²) < 4.78 is 5.99. The second-order valence-corrected chi connectivity index (χ2v) is 5.77. The number of nitrogens with one attached hydrogen (secondary N) is 1. The zero-order valence-corrected chi connectivity index (χ0v) is 13.9. The molecule has 2 unspecified atom stereocenters. The summed E-state index contributed by atoms with van der Waals surface area (Å²) in [7, 11) is 1.57. The van der Waals surface area contributed by atoms with Gasteiger partial charge in [-0.15, -0.1) is 0 Å². The van der Waals surface area contributed by atoms with E-state index in [4.69, 9.17) is 4.74 Å². The summed E-state index contributed by atoms with van der Waals surface area (Å²) in [6.07, 6.45) is 1.12. The van der Waals surface area contributed by atoms with Gasteiger partial charge in [0.1, 0.15) is 17.8 Å². The zero-order valence-electron chi connectivity index (χ0n) is 12.4. The quantitative estimate of drug-likeness (QED) is 0.903. The van der Waals surface area contributed by atoms with Gasteiger partial charge in [-0.1, -0.05) is 13.8 Å². The Balaban J connectivity index is 2.50. The van der Waals surface area contributed by atoms with E-state index in [0.29, 0.717) is 24.3 Å². The minimum absolute atomic E-state index is 0.0853. The van der Waals surface area contributed by atoms with Gasteiger partial charge in [0, 0.05) is 10.5 Å². The molecule has 21 heavy (non-hydrogen) atoms. The number of carbonyl (C=O) groups is 2. The molecule has 6 heteroatoms. The fraction of sp³-hybridized carbons (Fsp3) is 0.467. The highest BCUT2D eigenvalue weighted by atomic mass is 79.9. The first-order valence-electron chi connectivity index (χ1n) is 7.00. The molecule has 0 bridgehead atoms. The van der Waals surface area contributed by atoms with Crippen molar-refractivity contribution in [1.82, 2.24) is 5.32 Å². The van der Waals surface area contributed by atoms with E-state index in [1.807, 2.05) is 19.9 Å². The predicted molar refractivity (Wildman–Crippen MR) is 84.5 cm³/mol. The van der Waals surface area contributed by atoms with Crippen molar-refractivity contribution >= 4 is 33.4 Å². The van der Waals surface area contributed by atoms with Crippen molar-refractivity contribution in [3.05, 3.63) is 22.7 Å². The van der Waals surface area contributed by atoms with Gasteiger partial charge in [-0.05, 0) is 40.9 Å². The SMILES string of the molecule is CCC1NC(=O)C(CC)N(c2cc(OC)ccc2Br)C1=O. The van der Waals surface area contributed by atoms with Crippen LogP contribution in [-0.4, -0.2) is 31.0 Å². The lowest BCUT2D eigenvalue weighted by molar-refractivity contribution is -0.134. The van der Waals surface area contributed by atoms with Gasteiger partial charge in [0.2, 0.25) is 11.8 Å². The molecule has 0 saturated carbocycles. The normalized spacial score (nSPS) is 22.2. The minimum atomic E-state index is -0.497. The van der Waals surface area contributed by atoms with Crippen molar-refractivity contribution in [2.75, 3.05) is 12.0 Å². The Morgan fingerprint density at radius 2 is 2.00 bits per heavy atom. The fourth-order valence-corrected chi connectivity index (χ4v) is 2.94. The van der Waals surface area contributed by atoms with Crippen LogP contribution in [0.25, 0.3) is 0 Å². The minimum Gasteiger partial charge on any atom is -0.497 e. The molecule has 1 heterocycles. The molecule has 0 radical (unpaired) electrons. The Hall–Kier alpha value is -1.56. The lowest BCUT2D eigenvalue weighted by atomic mass is 10.0. The molecule has 1 fully saturated rings. The number of ether oxygens (including phenoxy) is 1. The van der Waals surface area contributed by atoms with Crippen molar-refractivity contribution in [2.24, 2.45) is 0 Å². The van der Waals surface area contributed by atoms with Gasteiger partial charge in [-0.25, -0.2) is 0 Å². The second-order valence-electron chi connectivity index (χ2n) is 4.92. The van der Waals surface area contributed by atoms with Gasteiger partial charge >= 0.3 is 0 Å². The summed E-state index contributed by atoms with van der Waals surface area (Å²) in [5.74, 6) is 0.450. The average Bonchev–Trinajstić information content (AvgIpc) is 2.49. The van der Waals surface area contributed by atoms with E-state index < -0.39 is 12.1 Å². The summed E-state index contributed by atoms with van der Waals surface area (Å²) in [5, 5.41) is 2.79. The molecule has 2 rings (SSSR count). The molecule has 0 aromatic heterocycles. The van der Waals surface area contributed by atoms with E-state index in [1.165, 1.54) is 0 Å². The number of carbonyl (C=O) groups excluding carboxylic acids is 2. The van der Waals surface area contributed by atoms with E-state index in [2.05, 4.69) is 21.2 Å². The number of piperazine rings is 1. The molecule has 2 atom stereocenters. The molecule has 0 aliphatic carbocycles. The summed E-state index contributed by atoms with van der Waals surface area (Å²) in [6, 6.07) is 4.43. The number of amides is 2. The van der Waals surface area contributed by atoms with Crippen LogP contribution in [0.3, 0.4) is 0 Å². The lowest BCUT2D eigenvalue weighted by Gasteiger charge is -2.38. The van der Waals surface area contributed by atoms with Gasteiger partial charge < -0.3 is 10.1 Å². The second kappa shape index (κ2) is 6.47. The van der Waals surface area contributed by atoms with Crippen LogP contribution in [-0.2, 0) is 9.59 Å². The average molecular weight is 355 g/mol. The molecule has 1 aromatic carbocycles. The Bertz CT molecular complexity index is 562. The predicted octanol–water partition coefficient (Wildman–Crippen LogP) is 2.48. The topological polar surface area (TPSA) is 58.6 Å². The van der Waals surface area contributed by atoms with Crippen LogP contribution in [0, 0.1) is 0 Å². The van der Waals surface area contributed by atoms with E-state index >= 15 is 0 Å². The number of methoxy groups -OCH3 is 1. The van der Waals surface area contributed by atoms with Crippen LogP contribution in [0.1, 0.15) is 26.7 Å². The highest BCUT2D eigenvalue weighted by Gasteiger charge is 2.40. The first-order valence-corrected chi connectivity index (χ1v) is 7.79. The Morgan fingerprint density at radius 3 is 2.57 bits per heavy atom. The summed E-state index contributed by atoms with van der Waals surface area (Å²) in [4.78, 5) is 26.5. The number of rotatable bonds is 4. The molecule has 0 spiro atoms. The van der Waals surface area contributed by atoms with Crippen LogP contribution < -0.4 is 15.0 Å². The van der Waals surface area contributed by atoms with E-state index in [-0.39, 0.29) is 11.8 Å². The first kappa shape index (κ1) is 15.8. The van der Waals surface area contributed by atoms with E-state index in [9.17, 15) is 9.59 Å². The number of halogens is 1.